The molecule has 2 aliphatic rings. The summed E-state index contributed by atoms with van der Waals surface area (Å²) in [7, 11) is 0. The minimum absolute atomic E-state index is 0.177. The summed E-state index contributed by atoms with van der Waals surface area (Å²) in [5.74, 6) is 5.84. The Kier molecular flexibility index (Phi) is 5.02. The van der Waals surface area contributed by atoms with Crippen molar-refractivity contribution in [3.63, 3.8) is 0 Å². The number of hydrogen-bond donors (Lipinski definition) is 1. The predicted octanol–water partition coefficient (Wildman–Crippen LogP) is 4.00. The van der Waals surface area contributed by atoms with Crippen LogP contribution >= 0.6 is 11.8 Å². The van der Waals surface area contributed by atoms with Crippen LogP contribution < -0.4 is 10.2 Å². The Hall–Kier alpha value is -2.21. The highest BCUT2D eigenvalue weighted by molar-refractivity contribution is 7.99. The number of rotatable bonds is 5. The molecule has 1 N–H and O–H groups in total. The first kappa shape index (κ1) is 17.2. The van der Waals surface area contributed by atoms with Gasteiger partial charge in [0, 0.05) is 42.8 Å². The molecule has 4 rings (SSSR count). The molecule has 2 fully saturated rings. The summed E-state index contributed by atoms with van der Waals surface area (Å²) >= 11 is 1.95. The number of pyridine rings is 1. The van der Waals surface area contributed by atoms with E-state index in [1.165, 1.54) is 12.5 Å². The van der Waals surface area contributed by atoms with E-state index in [-0.39, 0.29) is 5.91 Å². The fourth-order valence-corrected chi connectivity index (χ4v) is 4.13. The highest BCUT2D eigenvalue weighted by Gasteiger charge is 2.36. The number of thioether (sulfide) groups is 1. The summed E-state index contributed by atoms with van der Waals surface area (Å²) in [4.78, 5) is 19.0. The number of hydrogen-bond acceptors (Lipinski definition) is 5. The molecule has 2 atom stereocenters. The van der Waals surface area contributed by atoms with Gasteiger partial charge < -0.3 is 14.6 Å². The Balaban J connectivity index is 1.41. The lowest BCUT2D eigenvalue weighted by Gasteiger charge is -2.28. The maximum Gasteiger partial charge on any atom is 0.248 e. The zero-order chi connectivity index (χ0) is 17.9. The van der Waals surface area contributed by atoms with Crippen LogP contribution in [0.3, 0.4) is 0 Å². The molecule has 1 saturated heterocycles. The number of aromatic nitrogens is 1. The second kappa shape index (κ2) is 7.58. The van der Waals surface area contributed by atoms with E-state index in [2.05, 4.69) is 22.1 Å². The molecule has 1 amide bonds. The first-order valence-corrected chi connectivity index (χ1v) is 10.2. The van der Waals surface area contributed by atoms with Gasteiger partial charge in [0.25, 0.3) is 0 Å². The fourth-order valence-electron chi connectivity index (χ4n) is 3.23. The highest BCUT2D eigenvalue weighted by Crippen LogP contribution is 2.47. The monoisotopic (exact) mass is 369 g/mol. The number of furan rings is 1. The molecule has 5 nitrogen and oxygen atoms in total. The van der Waals surface area contributed by atoms with Gasteiger partial charge in [0.05, 0.1) is 5.69 Å². The third-order valence-corrected chi connectivity index (χ3v) is 5.82. The number of carbonyl (C=O) groups excluding carboxylic acids is 1. The molecule has 0 unspecified atom stereocenters. The van der Waals surface area contributed by atoms with Crippen LogP contribution in [0.4, 0.5) is 11.5 Å². The first-order valence-electron chi connectivity index (χ1n) is 9.07. The van der Waals surface area contributed by atoms with Crippen molar-refractivity contribution in [1.29, 1.82) is 0 Å². The quantitative estimate of drug-likeness (QED) is 0.807. The Labute approximate surface area is 157 Å². The minimum Gasteiger partial charge on any atom is -0.461 e. The second-order valence-corrected chi connectivity index (χ2v) is 8.08. The number of anilines is 2. The van der Waals surface area contributed by atoms with Gasteiger partial charge in [-0.3, -0.25) is 4.79 Å². The van der Waals surface area contributed by atoms with E-state index in [1.807, 2.05) is 36.0 Å². The molecule has 0 spiro atoms. The lowest BCUT2D eigenvalue weighted by molar-refractivity contribution is -0.111. The number of nitrogens with zero attached hydrogens (tertiary/aromatic N) is 2. The van der Waals surface area contributed by atoms with Crippen molar-refractivity contribution in [3.05, 3.63) is 48.1 Å². The maximum absolute atomic E-state index is 12.3. The molecule has 26 heavy (non-hydrogen) atoms. The maximum atomic E-state index is 12.3. The van der Waals surface area contributed by atoms with Crippen LogP contribution in [0.25, 0.3) is 6.08 Å². The molecule has 1 saturated carbocycles. The van der Waals surface area contributed by atoms with Crippen molar-refractivity contribution in [2.45, 2.75) is 19.3 Å². The van der Waals surface area contributed by atoms with E-state index in [9.17, 15) is 4.79 Å². The Morgan fingerprint density at radius 2 is 2.15 bits per heavy atom. The summed E-state index contributed by atoms with van der Waals surface area (Å²) in [6.07, 6.45) is 6.20. The zero-order valence-electron chi connectivity index (χ0n) is 14.9. The van der Waals surface area contributed by atoms with Crippen molar-refractivity contribution >= 4 is 35.3 Å². The van der Waals surface area contributed by atoms with Crippen LogP contribution in [0.1, 0.15) is 30.8 Å². The van der Waals surface area contributed by atoms with Gasteiger partial charge >= 0.3 is 0 Å². The van der Waals surface area contributed by atoms with Crippen molar-refractivity contribution < 1.29 is 9.21 Å². The first-order chi connectivity index (χ1) is 12.7. The largest absolute Gasteiger partial charge is 0.461 e. The Bertz CT molecular complexity index is 811. The van der Waals surface area contributed by atoms with Crippen molar-refractivity contribution in [3.8, 4) is 0 Å². The molecule has 1 aliphatic heterocycles. The molecule has 0 aromatic carbocycles. The lowest BCUT2D eigenvalue weighted by Crippen LogP contribution is -2.33. The summed E-state index contributed by atoms with van der Waals surface area (Å²) in [5, 5.41) is 2.95. The minimum atomic E-state index is -0.177. The molecule has 136 valence electrons. The molecule has 2 aromatic rings. The molecule has 3 heterocycles. The normalized spacial score (nSPS) is 22.6. The van der Waals surface area contributed by atoms with Gasteiger partial charge in [-0.25, -0.2) is 4.98 Å². The Morgan fingerprint density at radius 3 is 2.92 bits per heavy atom. The number of carbonyl (C=O) groups is 1. The molecule has 1 aliphatic carbocycles. The van der Waals surface area contributed by atoms with Gasteiger partial charge in [-0.2, -0.15) is 11.8 Å². The summed E-state index contributed by atoms with van der Waals surface area (Å²) in [6.45, 7) is 4.13. The van der Waals surface area contributed by atoms with E-state index < -0.39 is 0 Å². The smallest absolute Gasteiger partial charge is 0.248 e. The second-order valence-electron chi connectivity index (χ2n) is 6.86. The van der Waals surface area contributed by atoms with Crippen molar-refractivity contribution in [2.75, 3.05) is 34.8 Å². The molecular weight excluding hydrogens is 346 g/mol. The van der Waals surface area contributed by atoms with Gasteiger partial charge in [0.15, 0.2) is 5.82 Å². The zero-order valence-corrected chi connectivity index (χ0v) is 15.7. The topological polar surface area (TPSA) is 58.4 Å². The summed E-state index contributed by atoms with van der Waals surface area (Å²) in [5.41, 5.74) is 0.751. The average molecular weight is 369 g/mol. The number of amides is 1. The average Bonchev–Trinajstić information content (AvgIpc) is 3.21. The highest BCUT2D eigenvalue weighted by atomic mass is 32.2. The molecular formula is C20H23N3O2S. The molecule has 0 radical (unpaired) electrons. The van der Waals surface area contributed by atoms with Gasteiger partial charge in [0.1, 0.15) is 11.5 Å². The van der Waals surface area contributed by atoms with Crippen LogP contribution in [0.5, 0.6) is 0 Å². The van der Waals surface area contributed by atoms with E-state index in [1.54, 1.807) is 12.3 Å². The van der Waals surface area contributed by atoms with E-state index in [0.29, 0.717) is 17.6 Å². The third kappa shape index (κ3) is 3.96. The lowest BCUT2D eigenvalue weighted by atomic mass is 10.3. The van der Waals surface area contributed by atoms with Gasteiger partial charge in [-0.15, -0.1) is 0 Å². The van der Waals surface area contributed by atoms with Gasteiger partial charge in [-0.1, -0.05) is 6.92 Å². The SMILES string of the molecule is C[C@@H]1C[C@H]1c1ccc(/C=C\C(=O)Nc2cccnc2N2CCSCC2)o1. The van der Waals surface area contributed by atoms with Crippen molar-refractivity contribution in [1.82, 2.24) is 4.98 Å². The van der Waals surface area contributed by atoms with E-state index in [4.69, 9.17) is 4.42 Å². The third-order valence-electron chi connectivity index (χ3n) is 4.88. The van der Waals surface area contributed by atoms with Crippen LogP contribution in [0.15, 0.2) is 41.0 Å². The van der Waals surface area contributed by atoms with Crippen LogP contribution in [0.2, 0.25) is 0 Å². The van der Waals surface area contributed by atoms with Gasteiger partial charge in [-0.05, 0) is 42.7 Å². The molecule has 0 bridgehead atoms. The molecule has 6 heteroatoms. The van der Waals surface area contributed by atoms with Gasteiger partial charge in [0.2, 0.25) is 5.91 Å². The Morgan fingerprint density at radius 1 is 1.35 bits per heavy atom. The molecule has 2 aromatic heterocycles. The predicted molar refractivity (Wildman–Crippen MR) is 107 cm³/mol. The summed E-state index contributed by atoms with van der Waals surface area (Å²) in [6, 6.07) is 7.68. The van der Waals surface area contributed by atoms with Crippen LogP contribution in [-0.2, 0) is 4.79 Å². The standard InChI is InChI=1S/C20H23N3O2S/c1-14-13-16(14)18-6-4-15(25-18)5-7-19(24)22-17-3-2-8-21-20(17)23-9-11-26-12-10-23/h2-8,14,16H,9-13H2,1H3,(H,22,24)/b7-5-/t14-,16-/m1/s1. The van der Waals surface area contributed by atoms with Crippen molar-refractivity contribution in [2.24, 2.45) is 5.92 Å². The summed E-state index contributed by atoms with van der Waals surface area (Å²) < 4.78 is 5.81. The van der Waals surface area contributed by atoms with E-state index in [0.717, 1.165) is 41.9 Å². The fraction of sp³-hybridized carbons (Fsp3) is 0.400. The van der Waals surface area contributed by atoms with Crippen LogP contribution in [-0.4, -0.2) is 35.5 Å². The van der Waals surface area contributed by atoms with Crippen LogP contribution in [0, 0.1) is 5.92 Å². The van der Waals surface area contributed by atoms with E-state index >= 15 is 0 Å². The number of nitrogens with one attached hydrogen (secondary N) is 1.